The average molecular weight is 452 g/mol. The van der Waals surface area contributed by atoms with Gasteiger partial charge in [0.05, 0.1) is 15.7 Å². The molecule has 0 bridgehead atoms. The fourth-order valence-corrected chi connectivity index (χ4v) is 3.43. The maximum Gasteiger partial charge on any atom is 0.250 e. The van der Waals surface area contributed by atoms with Crippen LogP contribution in [-0.2, 0) is 4.79 Å². The predicted molar refractivity (Wildman–Crippen MR) is 119 cm³/mol. The number of anilines is 1. The molecule has 0 atom stereocenters. The SMILES string of the molecule is O=C(/C=C/c1ccc(-c2ccccc2)o1)NC(=S)Nc1c(Cl)cc(Cl)cc1Cl. The smallest absolute Gasteiger partial charge is 0.250 e. The van der Waals surface area contributed by atoms with Gasteiger partial charge in [-0.15, -0.1) is 0 Å². The van der Waals surface area contributed by atoms with Gasteiger partial charge in [-0.2, -0.15) is 0 Å². The van der Waals surface area contributed by atoms with E-state index < -0.39 is 5.91 Å². The van der Waals surface area contributed by atoms with E-state index >= 15 is 0 Å². The maximum atomic E-state index is 12.1. The van der Waals surface area contributed by atoms with E-state index in [0.29, 0.717) is 22.2 Å². The molecule has 3 rings (SSSR count). The number of benzene rings is 2. The Hall–Kier alpha value is -2.31. The first-order valence-electron chi connectivity index (χ1n) is 8.02. The topological polar surface area (TPSA) is 54.3 Å². The van der Waals surface area contributed by atoms with Crippen molar-refractivity contribution in [2.45, 2.75) is 0 Å². The second-order valence-corrected chi connectivity index (χ2v) is 7.25. The van der Waals surface area contributed by atoms with Gasteiger partial charge in [-0.25, -0.2) is 0 Å². The van der Waals surface area contributed by atoms with Crippen LogP contribution in [0.4, 0.5) is 5.69 Å². The Labute approximate surface area is 182 Å². The van der Waals surface area contributed by atoms with Gasteiger partial charge in [-0.3, -0.25) is 10.1 Å². The lowest BCUT2D eigenvalue weighted by Crippen LogP contribution is -2.33. The van der Waals surface area contributed by atoms with Crippen LogP contribution in [0.3, 0.4) is 0 Å². The molecule has 3 aromatic rings. The number of thiocarbonyl (C=S) groups is 1. The normalized spacial score (nSPS) is 10.8. The van der Waals surface area contributed by atoms with Gasteiger partial charge >= 0.3 is 0 Å². The first-order chi connectivity index (χ1) is 13.4. The third kappa shape index (κ3) is 5.36. The molecule has 2 aromatic carbocycles. The van der Waals surface area contributed by atoms with E-state index in [2.05, 4.69) is 10.6 Å². The molecule has 0 spiro atoms. The van der Waals surface area contributed by atoms with Crippen LogP contribution in [0.25, 0.3) is 17.4 Å². The van der Waals surface area contributed by atoms with Gasteiger partial charge in [0, 0.05) is 16.7 Å². The Morgan fingerprint density at radius 2 is 1.68 bits per heavy atom. The Balaban J connectivity index is 1.60. The lowest BCUT2D eigenvalue weighted by Gasteiger charge is -2.11. The molecular formula is C20H13Cl3N2O2S. The van der Waals surface area contributed by atoms with Gasteiger partial charge in [-0.05, 0) is 42.6 Å². The molecule has 28 heavy (non-hydrogen) atoms. The first kappa shape index (κ1) is 20.4. The molecule has 0 unspecified atom stereocenters. The average Bonchev–Trinajstić information content (AvgIpc) is 3.13. The van der Waals surface area contributed by atoms with Crippen molar-refractivity contribution in [1.29, 1.82) is 0 Å². The van der Waals surface area contributed by atoms with Crippen molar-refractivity contribution in [1.82, 2.24) is 5.32 Å². The van der Waals surface area contributed by atoms with Gasteiger partial charge in [-0.1, -0.05) is 65.1 Å². The minimum absolute atomic E-state index is 0.0465. The van der Waals surface area contributed by atoms with Crippen molar-refractivity contribution < 1.29 is 9.21 Å². The number of halogens is 3. The monoisotopic (exact) mass is 450 g/mol. The van der Waals surface area contributed by atoms with Crippen molar-refractivity contribution in [3.8, 4) is 11.3 Å². The summed E-state index contributed by atoms with van der Waals surface area (Å²) >= 11 is 23.1. The number of nitrogens with one attached hydrogen (secondary N) is 2. The Bertz CT molecular complexity index is 1030. The summed E-state index contributed by atoms with van der Waals surface area (Å²) in [5.74, 6) is 0.818. The van der Waals surface area contributed by atoms with Gasteiger partial charge < -0.3 is 9.73 Å². The summed E-state index contributed by atoms with van der Waals surface area (Å²) in [7, 11) is 0. The van der Waals surface area contributed by atoms with E-state index in [-0.39, 0.29) is 15.2 Å². The lowest BCUT2D eigenvalue weighted by atomic mass is 10.2. The van der Waals surface area contributed by atoms with Crippen LogP contribution in [0, 0.1) is 0 Å². The molecule has 0 aliphatic rings. The summed E-state index contributed by atoms with van der Waals surface area (Å²) in [6.45, 7) is 0. The van der Waals surface area contributed by atoms with E-state index in [1.807, 2.05) is 36.4 Å². The van der Waals surface area contributed by atoms with Crippen LogP contribution in [-0.4, -0.2) is 11.0 Å². The van der Waals surface area contributed by atoms with Crippen molar-refractivity contribution in [2.24, 2.45) is 0 Å². The Kier molecular flexibility index (Phi) is 6.75. The molecule has 0 fully saturated rings. The van der Waals surface area contributed by atoms with E-state index in [4.69, 9.17) is 51.4 Å². The number of carbonyl (C=O) groups is 1. The molecular weight excluding hydrogens is 439 g/mol. The highest BCUT2D eigenvalue weighted by atomic mass is 35.5. The third-order valence-electron chi connectivity index (χ3n) is 3.57. The first-order valence-corrected chi connectivity index (χ1v) is 9.56. The highest BCUT2D eigenvalue weighted by molar-refractivity contribution is 7.80. The summed E-state index contributed by atoms with van der Waals surface area (Å²) in [4.78, 5) is 12.1. The van der Waals surface area contributed by atoms with Gasteiger partial charge in [0.25, 0.3) is 0 Å². The van der Waals surface area contributed by atoms with E-state index in [0.717, 1.165) is 5.56 Å². The highest BCUT2D eigenvalue weighted by Gasteiger charge is 2.10. The van der Waals surface area contributed by atoms with Crippen molar-refractivity contribution in [2.75, 3.05) is 5.32 Å². The van der Waals surface area contributed by atoms with Crippen LogP contribution in [0.2, 0.25) is 15.1 Å². The molecule has 0 aliphatic carbocycles. The zero-order valence-electron chi connectivity index (χ0n) is 14.2. The second-order valence-electron chi connectivity index (χ2n) is 5.59. The minimum Gasteiger partial charge on any atom is -0.457 e. The van der Waals surface area contributed by atoms with Crippen LogP contribution in [0.15, 0.2) is 65.1 Å². The van der Waals surface area contributed by atoms with E-state index in [9.17, 15) is 4.79 Å². The summed E-state index contributed by atoms with van der Waals surface area (Å²) in [6.07, 6.45) is 2.86. The van der Waals surface area contributed by atoms with Gasteiger partial charge in [0.2, 0.25) is 5.91 Å². The van der Waals surface area contributed by atoms with Crippen LogP contribution >= 0.6 is 47.0 Å². The standard InChI is InChI=1S/C20H13Cl3N2O2S/c21-13-10-15(22)19(16(23)11-13)25-20(28)24-18(26)9-7-14-6-8-17(27-14)12-4-2-1-3-5-12/h1-11H,(H2,24,25,26,28)/b9-7+. The van der Waals surface area contributed by atoms with Crippen LogP contribution in [0.1, 0.15) is 5.76 Å². The summed E-state index contributed by atoms with van der Waals surface area (Å²) in [5, 5.41) is 6.30. The maximum absolute atomic E-state index is 12.1. The van der Waals surface area contributed by atoms with Crippen LogP contribution in [0.5, 0.6) is 0 Å². The summed E-state index contributed by atoms with van der Waals surface area (Å²) in [5.41, 5.74) is 1.31. The number of carbonyl (C=O) groups excluding carboxylic acids is 1. The zero-order chi connectivity index (χ0) is 20.1. The Morgan fingerprint density at radius 1 is 1.00 bits per heavy atom. The Morgan fingerprint density at radius 3 is 2.36 bits per heavy atom. The predicted octanol–water partition coefficient (Wildman–Crippen LogP) is 6.43. The molecule has 2 N–H and O–H groups in total. The fourth-order valence-electron chi connectivity index (χ4n) is 2.32. The highest BCUT2D eigenvalue weighted by Crippen LogP contribution is 2.33. The third-order valence-corrected chi connectivity index (χ3v) is 4.58. The van der Waals surface area contributed by atoms with Crippen molar-refractivity contribution >= 4 is 69.8 Å². The lowest BCUT2D eigenvalue weighted by molar-refractivity contribution is -0.115. The van der Waals surface area contributed by atoms with Crippen molar-refractivity contribution in [3.05, 3.63) is 81.5 Å². The molecule has 0 aliphatic heterocycles. The molecule has 0 saturated heterocycles. The number of amides is 1. The quantitative estimate of drug-likeness (QED) is 0.354. The van der Waals surface area contributed by atoms with E-state index in [1.165, 1.54) is 18.2 Å². The number of rotatable bonds is 4. The van der Waals surface area contributed by atoms with E-state index in [1.54, 1.807) is 12.1 Å². The number of furan rings is 1. The molecule has 1 amide bonds. The minimum atomic E-state index is -0.434. The number of hydrogen-bond acceptors (Lipinski definition) is 3. The molecule has 8 heteroatoms. The molecule has 0 saturated carbocycles. The summed E-state index contributed by atoms with van der Waals surface area (Å²) in [6, 6.07) is 16.3. The molecule has 0 radical (unpaired) electrons. The molecule has 4 nitrogen and oxygen atoms in total. The van der Waals surface area contributed by atoms with Gasteiger partial charge in [0.15, 0.2) is 5.11 Å². The van der Waals surface area contributed by atoms with Crippen molar-refractivity contribution in [3.63, 3.8) is 0 Å². The summed E-state index contributed by atoms with van der Waals surface area (Å²) < 4.78 is 5.70. The fraction of sp³-hybridized carbons (Fsp3) is 0. The zero-order valence-corrected chi connectivity index (χ0v) is 17.3. The molecule has 142 valence electrons. The van der Waals surface area contributed by atoms with Gasteiger partial charge in [0.1, 0.15) is 11.5 Å². The second kappa shape index (κ2) is 9.26. The number of hydrogen-bond donors (Lipinski definition) is 2. The molecule has 1 heterocycles. The van der Waals surface area contributed by atoms with Crippen LogP contribution < -0.4 is 10.6 Å². The molecule has 1 aromatic heterocycles. The largest absolute Gasteiger partial charge is 0.457 e.